The number of dihydropyridines is 1. The summed E-state index contributed by atoms with van der Waals surface area (Å²) in [6.45, 7) is 10.1. The second-order valence-corrected chi connectivity index (χ2v) is 9.08. The molecule has 0 radical (unpaired) electrons. The van der Waals surface area contributed by atoms with Gasteiger partial charge in [0, 0.05) is 22.9 Å². The average molecular weight is 470 g/mol. The molecule has 0 unspecified atom stereocenters. The number of carbonyl (C=O) groups is 3. The number of benzene rings is 1. The zero-order chi connectivity index (χ0) is 25.0. The molecule has 7 nitrogen and oxygen atoms in total. The summed E-state index contributed by atoms with van der Waals surface area (Å²) in [6, 6.07) is 7.42. The predicted molar refractivity (Wildman–Crippen MR) is 128 cm³/mol. The van der Waals surface area contributed by atoms with E-state index in [0.717, 1.165) is 17.7 Å². The second kappa shape index (κ2) is 10.9. The van der Waals surface area contributed by atoms with E-state index in [1.54, 1.807) is 0 Å². The Hall–Kier alpha value is -3.09. The largest absolute Gasteiger partial charge is 0.494 e. The molecule has 184 valence electrons. The average Bonchev–Trinajstić information content (AvgIpc) is 2.81. The quantitative estimate of drug-likeness (QED) is 0.445. The minimum Gasteiger partial charge on any atom is -0.494 e. The lowest BCUT2D eigenvalue weighted by Gasteiger charge is -2.38. The summed E-state index contributed by atoms with van der Waals surface area (Å²) in [6.07, 6.45) is 1.80. The van der Waals surface area contributed by atoms with Gasteiger partial charge in [-0.2, -0.15) is 0 Å². The predicted octanol–water partition coefficient (Wildman–Crippen LogP) is 4.43. The summed E-state index contributed by atoms with van der Waals surface area (Å²) >= 11 is 0. The molecule has 0 fully saturated rings. The third-order valence-corrected chi connectivity index (χ3v) is 6.53. The lowest BCUT2D eigenvalue weighted by atomic mass is 9.69. The van der Waals surface area contributed by atoms with Gasteiger partial charge in [-0.15, -0.1) is 0 Å². The van der Waals surface area contributed by atoms with E-state index in [1.165, 1.54) is 7.11 Å². The molecule has 0 amide bonds. The van der Waals surface area contributed by atoms with E-state index in [2.05, 4.69) is 5.32 Å². The van der Waals surface area contributed by atoms with Crippen LogP contribution in [0.1, 0.15) is 65.4 Å². The molecule has 0 bridgehead atoms. The first kappa shape index (κ1) is 25.5. The smallest absolute Gasteiger partial charge is 0.337 e. The zero-order valence-corrected chi connectivity index (χ0v) is 20.9. The number of allylic oxidation sites excluding steroid dienone is 3. The maximum Gasteiger partial charge on any atom is 0.337 e. The van der Waals surface area contributed by atoms with E-state index in [9.17, 15) is 14.4 Å². The lowest BCUT2D eigenvalue weighted by Crippen LogP contribution is -2.43. The molecule has 3 rings (SSSR count). The van der Waals surface area contributed by atoms with Gasteiger partial charge in [0.05, 0.1) is 25.4 Å². The van der Waals surface area contributed by atoms with Crippen LogP contribution >= 0.6 is 0 Å². The Balaban J connectivity index is 2.11. The molecular formula is C27H35NO6. The van der Waals surface area contributed by atoms with Crippen LogP contribution in [0, 0.1) is 11.8 Å². The van der Waals surface area contributed by atoms with Crippen molar-refractivity contribution in [2.45, 2.75) is 65.9 Å². The standard InChI is InChI=1S/C27H35NO6/c1-7-13-33-19-11-9-18(10-12-19)23-22(27(31)34-16(4)8-2)17(5)28-20-14-15(3)21(26(30)32-6)25(29)24(20)23/h9-12,15-16,21,23,28H,7-8,13-14H2,1-6H3/t15-,16+,21+,23+/m1/s1. The van der Waals surface area contributed by atoms with E-state index in [-0.39, 0.29) is 17.8 Å². The molecule has 0 saturated heterocycles. The summed E-state index contributed by atoms with van der Waals surface area (Å²) in [5.41, 5.74) is 2.97. The SMILES string of the molecule is CCCOc1ccc([C@H]2C(C(=O)O[C@@H](C)CC)=C(C)NC3=C2C(=O)[C@@H](C(=O)OC)[C@H](C)C3)cc1. The Morgan fingerprint density at radius 2 is 1.85 bits per heavy atom. The number of ketones is 1. The van der Waals surface area contributed by atoms with E-state index >= 15 is 0 Å². The molecule has 1 heterocycles. The van der Waals surface area contributed by atoms with Gasteiger partial charge in [0.15, 0.2) is 5.78 Å². The molecule has 34 heavy (non-hydrogen) atoms. The zero-order valence-electron chi connectivity index (χ0n) is 20.9. The molecule has 1 aromatic carbocycles. The first-order valence-corrected chi connectivity index (χ1v) is 12.0. The van der Waals surface area contributed by atoms with Crippen molar-refractivity contribution in [2.24, 2.45) is 11.8 Å². The third kappa shape index (κ3) is 5.03. The number of hydrogen-bond donors (Lipinski definition) is 1. The fraction of sp³-hybridized carbons (Fsp3) is 0.519. The molecule has 0 saturated carbocycles. The van der Waals surface area contributed by atoms with Gasteiger partial charge in [-0.3, -0.25) is 9.59 Å². The highest BCUT2D eigenvalue weighted by Gasteiger charge is 2.47. The van der Waals surface area contributed by atoms with Crippen LogP contribution in [0.15, 0.2) is 46.8 Å². The van der Waals surface area contributed by atoms with Gasteiger partial charge in [-0.05, 0) is 56.7 Å². The number of hydrogen-bond acceptors (Lipinski definition) is 7. The third-order valence-electron chi connectivity index (χ3n) is 6.53. The van der Waals surface area contributed by atoms with E-state index in [4.69, 9.17) is 14.2 Å². The normalized spacial score (nSPS) is 23.1. The summed E-state index contributed by atoms with van der Waals surface area (Å²) < 4.78 is 16.3. The Bertz CT molecular complexity index is 1010. The topological polar surface area (TPSA) is 90.9 Å². The molecule has 2 aliphatic rings. The molecule has 0 spiro atoms. The summed E-state index contributed by atoms with van der Waals surface area (Å²) in [5, 5.41) is 3.28. The molecule has 1 aromatic rings. The highest BCUT2D eigenvalue weighted by atomic mass is 16.5. The number of ether oxygens (including phenoxy) is 3. The molecule has 1 aliphatic heterocycles. The molecular weight excluding hydrogens is 434 g/mol. The van der Waals surface area contributed by atoms with Crippen LogP contribution in [0.2, 0.25) is 0 Å². The first-order chi connectivity index (χ1) is 16.2. The van der Waals surface area contributed by atoms with Gasteiger partial charge < -0.3 is 19.5 Å². The van der Waals surface area contributed by atoms with Crippen molar-refractivity contribution >= 4 is 17.7 Å². The monoisotopic (exact) mass is 469 g/mol. The Labute approximate surface area is 201 Å². The fourth-order valence-corrected chi connectivity index (χ4v) is 4.59. The van der Waals surface area contributed by atoms with Crippen LogP contribution in [0.3, 0.4) is 0 Å². The van der Waals surface area contributed by atoms with E-state index in [0.29, 0.717) is 42.0 Å². The number of methoxy groups -OCH3 is 1. The number of Topliss-reactive ketones (excluding diaryl/α,β-unsaturated/α-hetero) is 1. The van der Waals surface area contributed by atoms with Crippen molar-refractivity contribution < 1.29 is 28.6 Å². The Morgan fingerprint density at radius 3 is 2.44 bits per heavy atom. The second-order valence-electron chi connectivity index (χ2n) is 9.08. The van der Waals surface area contributed by atoms with Crippen molar-refractivity contribution in [1.29, 1.82) is 0 Å². The Kier molecular flexibility index (Phi) is 8.18. The van der Waals surface area contributed by atoms with Crippen LogP contribution < -0.4 is 10.1 Å². The van der Waals surface area contributed by atoms with E-state index in [1.807, 2.05) is 58.9 Å². The number of carbonyl (C=O) groups excluding carboxylic acids is 3. The fourth-order valence-electron chi connectivity index (χ4n) is 4.59. The molecule has 0 aromatic heterocycles. The van der Waals surface area contributed by atoms with Crippen molar-refractivity contribution in [2.75, 3.05) is 13.7 Å². The number of esters is 2. The van der Waals surface area contributed by atoms with Gasteiger partial charge >= 0.3 is 11.9 Å². The van der Waals surface area contributed by atoms with E-state index < -0.39 is 23.8 Å². The van der Waals surface area contributed by atoms with Gasteiger partial charge in [-0.1, -0.05) is 32.9 Å². The highest BCUT2D eigenvalue weighted by molar-refractivity contribution is 6.12. The number of nitrogens with one attached hydrogen (secondary N) is 1. The molecule has 1 N–H and O–H groups in total. The Morgan fingerprint density at radius 1 is 1.18 bits per heavy atom. The summed E-state index contributed by atoms with van der Waals surface area (Å²) in [5.74, 6) is -2.41. The lowest BCUT2D eigenvalue weighted by molar-refractivity contribution is -0.151. The van der Waals surface area contributed by atoms with Crippen LogP contribution in [-0.2, 0) is 23.9 Å². The van der Waals surface area contributed by atoms with Crippen molar-refractivity contribution in [3.05, 3.63) is 52.4 Å². The first-order valence-electron chi connectivity index (χ1n) is 12.0. The molecule has 7 heteroatoms. The van der Waals surface area contributed by atoms with Crippen LogP contribution in [0.25, 0.3) is 0 Å². The maximum atomic E-state index is 13.7. The van der Waals surface area contributed by atoms with Crippen molar-refractivity contribution in [3.63, 3.8) is 0 Å². The number of rotatable bonds is 8. The maximum absolute atomic E-state index is 13.7. The highest BCUT2D eigenvalue weighted by Crippen LogP contribution is 2.45. The van der Waals surface area contributed by atoms with Crippen LogP contribution in [0.4, 0.5) is 0 Å². The minimum absolute atomic E-state index is 0.224. The minimum atomic E-state index is -0.912. The van der Waals surface area contributed by atoms with Gasteiger partial charge in [-0.25, -0.2) is 4.79 Å². The van der Waals surface area contributed by atoms with Gasteiger partial charge in [0.1, 0.15) is 11.7 Å². The van der Waals surface area contributed by atoms with Gasteiger partial charge in [0.25, 0.3) is 0 Å². The van der Waals surface area contributed by atoms with Crippen LogP contribution in [0.5, 0.6) is 5.75 Å². The summed E-state index contributed by atoms with van der Waals surface area (Å²) in [7, 11) is 1.29. The summed E-state index contributed by atoms with van der Waals surface area (Å²) in [4.78, 5) is 39.5. The van der Waals surface area contributed by atoms with Crippen molar-refractivity contribution in [3.8, 4) is 5.75 Å². The molecule has 1 aliphatic carbocycles. The van der Waals surface area contributed by atoms with Crippen molar-refractivity contribution in [1.82, 2.24) is 5.32 Å². The molecule has 4 atom stereocenters. The van der Waals surface area contributed by atoms with Crippen LogP contribution in [-0.4, -0.2) is 37.5 Å². The van der Waals surface area contributed by atoms with Gasteiger partial charge in [0.2, 0.25) is 0 Å².